The highest BCUT2D eigenvalue weighted by Gasteiger charge is 2.18. The molecule has 2 aromatic heterocycles. The molecule has 1 atom stereocenters. The number of halogens is 1. The van der Waals surface area contributed by atoms with Crippen LogP contribution in [0.25, 0.3) is 11.0 Å². The summed E-state index contributed by atoms with van der Waals surface area (Å²) in [7, 11) is 0. The Labute approximate surface area is 116 Å². The Bertz CT molecular complexity index is 673. The normalized spacial score (nSPS) is 12.9. The van der Waals surface area contributed by atoms with E-state index in [0.717, 1.165) is 28.8 Å². The summed E-state index contributed by atoms with van der Waals surface area (Å²) in [5, 5.41) is 5.11. The zero-order valence-corrected chi connectivity index (χ0v) is 11.3. The van der Waals surface area contributed by atoms with Gasteiger partial charge in [-0.05, 0) is 36.9 Å². The fourth-order valence-corrected chi connectivity index (χ4v) is 2.38. The van der Waals surface area contributed by atoms with Gasteiger partial charge in [-0.25, -0.2) is 0 Å². The largest absolute Gasteiger partial charge is 0.472 e. The molecule has 1 unspecified atom stereocenters. The molecule has 0 aliphatic carbocycles. The molecule has 0 saturated heterocycles. The van der Waals surface area contributed by atoms with Crippen LogP contribution >= 0.6 is 11.6 Å². The molecule has 0 aliphatic rings. The molecule has 0 radical (unpaired) electrons. The first-order valence-electron chi connectivity index (χ1n) is 6.22. The first-order chi connectivity index (χ1) is 9.28. The predicted molar refractivity (Wildman–Crippen MR) is 75.5 cm³/mol. The second kappa shape index (κ2) is 5.11. The summed E-state index contributed by atoms with van der Waals surface area (Å²) >= 11 is 6.00. The van der Waals surface area contributed by atoms with Crippen molar-refractivity contribution in [2.75, 3.05) is 6.54 Å². The van der Waals surface area contributed by atoms with E-state index >= 15 is 0 Å². The molecule has 2 heterocycles. The number of nitrogens with one attached hydrogen (secondary N) is 1. The number of rotatable bonds is 4. The molecule has 0 fully saturated rings. The Balaban J connectivity index is 2.05. The van der Waals surface area contributed by atoms with E-state index in [1.54, 1.807) is 12.5 Å². The van der Waals surface area contributed by atoms with E-state index in [2.05, 4.69) is 12.2 Å². The standard InChI is InChI=1S/C15H14ClNO2/c1-2-17-15(10-5-6-18-9-10)14-8-11-7-12(16)3-4-13(11)19-14/h3-9,15,17H,2H2,1H3. The summed E-state index contributed by atoms with van der Waals surface area (Å²) in [6.07, 6.45) is 3.40. The first kappa shape index (κ1) is 12.3. The fourth-order valence-electron chi connectivity index (χ4n) is 2.20. The minimum Gasteiger partial charge on any atom is -0.472 e. The Kier molecular flexibility index (Phi) is 3.32. The van der Waals surface area contributed by atoms with Crippen molar-refractivity contribution >= 4 is 22.6 Å². The molecular weight excluding hydrogens is 262 g/mol. The van der Waals surface area contributed by atoms with E-state index in [4.69, 9.17) is 20.4 Å². The maximum atomic E-state index is 6.00. The molecule has 98 valence electrons. The van der Waals surface area contributed by atoms with E-state index in [-0.39, 0.29) is 6.04 Å². The van der Waals surface area contributed by atoms with Crippen molar-refractivity contribution in [3.8, 4) is 0 Å². The molecule has 0 saturated carbocycles. The minimum absolute atomic E-state index is 0.00470. The average molecular weight is 276 g/mol. The molecular formula is C15H14ClNO2. The van der Waals surface area contributed by atoms with Crippen LogP contribution in [0.4, 0.5) is 0 Å². The van der Waals surface area contributed by atoms with Gasteiger partial charge in [0.05, 0.1) is 18.6 Å². The molecule has 3 aromatic rings. The molecule has 1 N–H and O–H groups in total. The molecule has 0 spiro atoms. The van der Waals surface area contributed by atoms with Gasteiger partial charge >= 0.3 is 0 Å². The van der Waals surface area contributed by atoms with Gasteiger partial charge < -0.3 is 14.2 Å². The van der Waals surface area contributed by atoms with Crippen molar-refractivity contribution in [3.05, 3.63) is 59.2 Å². The van der Waals surface area contributed by atoms with Crippen LogP contribution in [0.5, 0.6) is 0 Å². The van der Waals surface area contributed by atoms with Crippen molar-refractivity contribution in [3.63, 3.8) is 0 Å². The van der Waals surface area contributed by atoms with Crippen LogP contribution in [-0.2, 0) is 0 Å². The fraction of sp³-hybridized carbons (Fsp3) is 0.200. The van der Waals surface area contributed by atoms with Gasteiger partial charge in [0.2, 0.25) is 0 Å². The molecule has 3 nitrogen and oxygen atoms in total. The van der Waals surface area contributed by atoms with Crippen molar-refractivity contribution in [1.82, 2.24) is 5.32 Å². The maximum Gasteiger partial charge on any atom is 0.134 e. The molecule has 0 aliphatic heterocycles. The van der Waals surface area contributed by atoms with Crippen molar-refractivity contribution in [2.45, 2.75) is 13.0 Å². The van der Waals surface area contributed by atoms with Gasteiger partial charge in [0, 0.05) is 16.0 Å². The smallest absolute Gasteiger partial charge is 0.134 e. The lowest BCUT2D eigenvalue weighted by atomic mass is 10.1. The number of furan rings is 2. The number of hydrogen-bond acceptors (Lipinski definition) is 3. The average Bonchev–Trinajstić information content (AvgIpc) is 3.04. The summed E-state index contributed by atoms with van der Waals surface area (Å²) in [4.78, 5) is 0. The zero-order valence-electron chi connectivity index (χ0n) is 10.5. The minimum atomic E-state index is -0.00470. The van der Waals surface area contributed by atoms with Gasteiger partial charge in [0.15, 0.2) is 0 Å². The molecule has 0 amide bonds. The van der Waals surface area contributed by atoms with Crippen LogP contribution in [0.3, 0.4) is 0 Å². The lowest BCUT2D eigenvalue weighted by molar-refractivity contribution is 0.472. The summed E-state index contributed by atoms with van der Waals surface area (Å²) in [5.41, 5.74) is 1.89. The van der Waals surface area contributed by atoms with Gasteiger partial charge in [-0.1, -0.05) is 18.5 Å². The van der Waals surface area contributed by atoms with Crippen LogP contribution in [-0.4, -0.2) is 6.54 Å². The maximum absolute atomic E-state index is 6.00. The lowest BCUT2D eigenvalue weighted by Crippen LogP contribution is -2.20. The molecule has 19 heavy (non-hydrogen) atoms. The topological polar surface area (TPSA) is 38.3 Å². The van der Waals surface area contributed by atoms with Crippen LogP contribution in [0.15, 0.2) is 51.7 Å². The summed E-state index contributed by atoms with van der Waals surface area (Å²) in [6.45, 7) is 2.90. The van der Waals surface area contributed by atoms with E-state index in [1.165, 1.54) is 0 Å². The van der Waals surface area contributed by atoms with Crippen LogP contribution in [0.1, 0.15) is 24.3 Å². The van der Waals surface area contributed by atoms with Gasteiger partial charge in [-0.3, -0.25) is 0 Å². The first-order valence-corrected chi connectivity index (χ1v) is 6.60. The highest BCUT2D eigenvalue weighted by atomic mass is 35.5. The Morgan fingerprint density at radius 3 is 2.89 bits per heavy atom. The second-order valence-electron chi connectivity index (χ2n) is 4.38. The third-order valence-electron chi connectivity index (χ3n) is 3.07. The van der Waals surface area contributed by atoms with Crippen LogP contribution < -0.4 is 5.32 Å². The van der Waals surface area contributed by atoms with Gasteiger partial charge in [-0.2, -0.15) is 0 Å². The van der Waals surface area contributed by atoms with Crippen LogP contribution in [0, 0.1) is 0 Å². The third-order valence-corrected chi connectivity index (χ3v) is 3.30. The highest BCUT2D eigenvalue weighted by molar-refractivity contribution is 6.31. The third kappa shape index (κ3) is 2.39. The molecule has 1 aromatic carbocycles. The van der Waals surface area contributed by atoms with Gasteiger partial charge in [0.1, 0.15) is 11.3 Å². The summed E-state index contributed by atoms with van der Waals surface area (Å²) in [5.74, 6) is 0.862. The SMILES string of the molecule is CCNC(c1ccoc1)c1cc2cc(Cl)ccc2o1. The van der Waals surface area contributed by atoms with Gasteiger partial charge in [0.25, 0.3) is 0 Å². The lowest BCUT2D eigenvalue weighted by Gasteiger charge is -2.13. The molecule has 3 rings (SSSR count). The number of hydrogen-bond donors (Lipinski definition) is 1. The summed E-state index contributed by atoms with van der Waals surface area (Å²) in [6, 6.07) is 9.57. The van der Waals surface area contributed by atoms with Gasteiger partial charge in [-0.15, -0.1) is 0 Å². The Morgan fingerprint density at radius 2 is 2.16 bits per heavy atom. The Hall–Kier alpha value is -1.71. The quantitative estimate of drug-likeness (QED) is 0.768. The van der Waals surface area contributed by atoms with Crippen LogP contribution in [0.2, 0.25) is 5.02 Å². The number of fused-ring (bicyclic) bond motifs is 1. The van der Waals surface area contributed by atoms with Crippen molar-refractivity contribution in [1.29, 1.82) is 0 Å². The second-order valence-corrected chi connectivity index (χ2v) is 4.81. The van der Waals surface area contributed by atoms with E-state index in [9.17, 15) is 0 Å². The monoisotopic (exact) mass is 275 g/mol. The van der Waals surface area contributed by atoms with E-state index in [1.807, 2.05) is 30.3 Å². The molecule has 4 heteroatoms. The Morgan fingerprint density at radius 1 is 1.26 bits per heavy atom. The molecule has 0 bridgehead atoms. The predicted octanol–water partition coefficient (Wildman–Crippen LogP) is 4.38. The van der Waals surface area contributed by atoms with E-state index < -0.39 is 0 Å². The summed E-state index contributed by atoms with van der Waals surface area (Å²) < 4.78 is 11.1. The van der Waals surface area contributed by atoms with Crippen molar-refractivity contribution < 1.29 is 8.83 Å². The van der Waals surface area contributed by atoms with E-state index in [0.29, 0.717) is 5.02 Å². The highest BCUT2D eigenvalue weighted by Crippen LogP contribution is 2.29. The van der Waals surface area contributed by atoms with Crippen molar-refractivity contribution in [2.24, 2.45) is 0 Å². The zero-order chi connectivity index (χ0) is 13.2. The number of benzene rings is 1.